The molecular formula is C25H22N2O4. The average molecular weight is 414 g/mol. The largest absolute Gasteiger partial charge is 0.497 e. The number of pyridine rings is 1. The van der Waals surface area contributed by atoms with Crippen LogP contribution in [0.3, 0.4) is 0 Å². The van der Waals surface area contributed by atoms with Crippen molar-refractivity contribution >= 4 is 11.9 Å². The van der Waals surface area contributed by atoms with Gasteiger partial charge in [0, 0.05) is 25.5 Å². The molecule has 0 radical (unpaired) electrons. The maximum Gasteiger partial charge on any atom is 0.232 e. The summed E-state index contributed by atoms with van der Waals surface area (Å²) in [6.07, 6.45) is 5.37. The Kier molecular flexibility index (Phi) is 4.92. The molecule has 2 aliphatic rings. The van der Waals surface area contributed by atoms with E-state index in [0.717, 1.165) is 33.8 Å². The molecule has 2 aliphatic heterocycles. The van der Waals surface area contributed by atoms with E-state index in [4.69, 9.17) is 14.2 Å². The maximum atomic E-state index is 13.1. The molecule has 0 fully saturated rings. The fourth-order valence-electron chi connectivity index (χ4n) is 4.01. The molecule has 0 saturated carbocycles. The predicted octanol–water partition coefficient (Wildman–Crippen LogP) is 4.37. The number of allylic oxidation sites excluding steroid dienone is 1. The van der Waals surface area contributed by atoms with Gasteiger partial charge in [0.1, 0.15) is 24.0 Å². The highest BCUT2D eigenvalue weighted by Gasteiger charge is 2.35. The number of nitrogens with zero attached hydrogens (tertiary/aromatic N) is 2. The van der Waals surface area contributed by atoms with E-state index >= 15 is 0 Å². The maximum absolute atomic E-state index is 13.1. The summed E-state index contributed by atoms with van der Waals surface area (Å²) in [5.74, 6) is 2.30. The number of aryl methyl sites for hydroxylation is 1. The number of hydrogen-bond donors (Lipinski definition) is 0. The summed E-state index contributed by atoms with van der Waals surface area (Å²) in [6.45, 7) is 3.73. The molecule has 0 atom stereocenters. The number of Topliss-reactive ketones (excluding diaryl/α,β-unsaturated/α-hetero) is 1. The van der Waals surface area contributed by atoms with Crippen molar-refractivity contribution in [3.8, 4) is 17.2 Å². The second kappa shape index (κ2) is 7.89. The molecule has 0 aliphatic carbocycles. The first kappa shape index (κ1) is 19.3. The molecule has 0 amide bonds. The van der Waals surface area contributed by atoms with Crippen LogP contribution in [0.25, 0.3) is 6.08 Å². The zero-order valence-corrected chi connectivity index (χ0v) is 17.4. The van der Waals surface area contributed by atoms with Crippen LogP contribution in [0.2, 0.25) is 0 Å². The Hall–Kier alpha value is -3.64. The summed E-state index contributed by atoms with van der Waals surface area (Å²) in [6, 6.07) is 13.4. The monoisotopic (exact) mass is 414 g/mol. The lowest BCUT2D eigenvalue weighted by atomic mass is 9.98. The van der Waals surface area contributed by atoms with Crippen molar-refractivity contribution in [2.45, 2.75) is 20.0 Å². The van der Waals surface area contributed by atoms with Crippen LogP contribution >= 0.6 is 0 Å². The third-order valence-corrected chi connectivity index (χ3v) is 5.51. The molecule has 3 heterocycles. The molecule has 0 N–H and O–H groups in total. The molecule has 3 aromatic rings. The smallest absolute Gasteiger partial charge is 0.232 e. The fraction of sp³-hybridized carbons (Fsp3) is 0.200. The number of hydrogen-bond acceptors (Lipinski definition) is 6. The number of methoxy groups -OCH3 is 1. The zero-order valence-electron chi connectivity index (χ0n) is 17.4. The normalized spacial score (nSPS) is 16.5. The van der Waals surface area contributed by atoms with E-state index in [1.807, 2.05) is 55.6 Å². The molecule has 2 aromatic carbocycles. The Morgan fingerprint density at radius 3 is 2.94 bits per heavy atom. The minimum Gasteiger partial charge on any atom is -0.497 e. The summed E-state index contributed by atoms with van der Waals surface area (Å²) in [4.78, 5) is 19.5. The number of benzene rings is 2. The molecule has 0 saturated heterocycles. The first-order chi connectivity index (χ1) is 15.1. The van der Waals surface area contributed by atoms with E-state index in [1.54, 1.807) is 19.4 Å². The van der Waals surface area contributed by atoms with Crippen LogP contribution in [0.1, 0.15) is 32.6 Å². The van der Waals surface area contributed by atoms with Crippen LogP contribution in [0.4, 0.5) is 0 Å². The van der Waals surface area contributed by atoms with Gasteiger partial charge in [-0.15, -0.1) is 0 Å². The molecule has 1 aromatic heterocycles. The lowest BCUT2D eigenvalue weighted by Gasteiger charge is -2.30. The Labute approximate surface area is 180 Å². The fourth-order valence-corrected chi connectivity index (χ4v) is 4.01. The van der Waals surface area contributed by atoms with Crippen molar-refractivity contribution in [3.63, 3.8) is 0 Å². The van der Waals surface area contributed by atoms with E-state index in [0.29, 0.717) is 36.9 Å². The average Bonchev–Trinajstić information content (AvgIpc) is 3.12. The first-order valence-electron chi connectivity index (χ1n) is 10.1. The van der Waals surface area contributed by atoms with Gasteiger partial charge in [0.25, 0.3) is 0 Å². The van der Waals surface area contributed by atoms with Gasteiger partial charge in [-0.1, -0.05) is 18.2 Å². The van der Waals surface area contributed by atoms with E-state index in [-0.39, 0.29) is 5.78 Å². The van der Waals surface area contributed by atoms with Gasteiger partial charge in [-0.05, 0) is 54.0 Å². The van der Waals surface area contributed by atoms with Crippen LogP contribution < -0.4 is 14.2 Å². The lowest BCUT2D eigenvalue weighted by Crippen LogP contribution is -2.31. The quantitative estimate of drug-likeness (QED) is 0.591. The van der Waals surface area contributed by atoms with Crippen LogP contribution in [-0.2, 0) is 13.1 Å². The number of aromatic nitrogens is 1. The van der Waals surface area contributed by atoms with Crippen LogP contribution in [0.5, 0.6) is 17.2 Å². The molecule has 6 heteroatoms. The molecular weight excluding hydrogens is 392 g/mol. The van der Waals surface area contributed by atoms with Crippen LogP contribution in [0, 0.1) is 6.92 Å². The first-order valence-corrected chi connectivity index (χ1v) is 10.1. The van der Waals surface area contributed by atoms with E-state index in [1.165, 1.54) is 0 Å². The van der Waals surface area contributed by atoms with Crippen molar-refractivity contribution in [1.82, 2.24) is 9.88 Å². The molecule has 0 bridgehead atoms. The van der Waals surface area contributed by atoms with Crippen molar-refractivity contribution in [3.05, 3.63) is 88.4 Å². The van der Waals surface area contributed by atoms with Gasteiger partial charge < -0.3 is 14.2 Å². The Morgan fingerprint density at radius 2 is 2.13 bits per heavy atom. The SMILES string of the molecule is COc1cccc(/C=C2\Oc3c4c(cc(C)c3C2=O)OCN(Cc2cccnc2)C4)c1. The Bertz CT molecular complexity index is 1190. The molecule has 156 valence electrons. The van der Waals surface area contributed by atoms with E-state index < -0.39 is 0 Å². The van der Waals surface area contributed by atoms with Gasteiger partial charge in [0.2, 0.25) is 5.78 Å². The zero-order chi connectivity index (χ0) is 21.4. The Morgan fingerprint density at radius 1 is 1.23 bits per heavy atom. The minimum absolute atomic E-state index is 0.109. The van der Waals surface area contributed by atoms with Gasteiger partial charge >= 0.3 is 0 Å². The summed E-state index contributed by atoms with van der Waals surface area (Å²) >= 11 is 0. The molecule has 6 nitrogen and oxygen atoms in total. The predicted molar refractivity (Wildman–Crippen MR) is 116 cm³/mol. The van der Waals surface area contributed by atoms with E-state index in [2.05, 4.69) is 9.88 Å². The van der Waals surface area contributed by atoms with Crippen molar-refractivity contribution < 1.29 is 19.0 Å². The third kappa shape index (κ3) is 3.66. The summed E-state index contributed by atoms with van der Waals surface area (Å²) in [5.41, 5.74) is 4.32. The molecule has 31 heavy (non-hydrogen) atoms. The summed E-state index contributed by atoms with van der Waals surface area (Å²) in [5, 5.41) is 0. The highest BCUT2D eigenvalue weighted by atomic mass is 16.5. The highest BCUT2D eigenvalue weighted by Crippen LogP contribution is 2.44. The van der Waals surface area contributed by atoms with E-state index in [9.17, 15) is 4.79 Å². The van der Waals surface area contributed by atoms with Gasteiger partial charge in [-0.3, -0.25) is 14.7 Å². The van der Waals surface area contributed by atoms with Gasteiger partial charge in [0.15, 0.2) is 5.76 Å². The molecule has 0 spiro atoms. The lowest BCUT2D eigenvalue weighted by molar-refractivity contribution is 0.0871. The van der Waals surface area contributed by atoms with Crippen molar-refractivity contribution in [1.29, 1.82) is 0 Å². The number of ketones is 1. The number of fused-ring (bicyclic) bond motifs is 3. The topological polar surface area (TPSA) is 60.9 Å². The second-order valence-corrected chi connectivity index (χ2v) is 7.71. The van der Waals surface area contributed by atoms with Gasteiger partial charge in [0.05, 0.1) is 18.2 Å². The van der Waals surface area contributed by atoms with Crippen LogP contribution in [0.15, 0.2) is 60.6 Å². The Balaban J connectivity index is 1.47. The molecule has 0 unspecified atom stereocenters. The highest BCUT2D eigenvalue weighted by molar-refractivity contribution is 6.15. The second-order valence-electron chi connectivity index (χ2n) is 7.71. The van der Waals surface area contributed by atoms with Gasteiger partial charge in [-0.25, -0.2) is 0 Å². The number of carbonyl (C=O) groups excluding carboxylic acids is 1. The van der Waals surface area contributed by atoms with Crippen LogP contribution in [-0.4, -0.2) is 29.5 Å². The minimum atomic E-state index is -0.109. The number of carbonyl (C=O) groups is 1. The number of ether oxygens (including phenoxy) is 3. The summed E-state index contributed by atoms with van der Waals surface area (Å²) in [7, 11) is 1.62. The van der Waals surface area contributed by atoms with Gasteiger partial charge in [-0.2, -0.15) is 0 Å². The summed E-state index contributed by atoms with van der Waals surface area (Å²) < 4.78 is 17.4. The third-order valence-electron chi connectivity index (χ3n) is 5.51. The van der Waals surface area contributed by atoms with Crippen molar-refractivity contribution in [2.24, 2.45) is 0 Å². The number of rotatable bonds is 4. The van der Waals surface area contributed by atoms with Crippen molar-refractivity contribution in [2.75, 3.05) is 13.8 Å². The molecule has 5 rings (SSSR count). The standard InChI is InChI=1S/C25H22N2O4/c1-16-9-21-20(14-27(15-30-21)13-18-6-4-8-26-12-18)25-23(16)24(28)22(31-25)11-17-5-3-7-19(10-17)29-2/h3-12H,13-15H2,1-2H3/b22-11-.